The average Bonchev–Trinajstić information content (AvgIpc) is 2.69. The van der Waals surface area contributed by atoms with E-state index in [1.165, 1.54) is 23.8 Å². The summed E-state index contributed by atoms with van der Waals surface area (Å²) >= 11 is 0. The van der Waals surface area contributed by atoms with Crippen molar-refractivity contribution < 1.29 is 19.1 Å². The molecule has 184 valence electrons. The van der Waals surface area contributed by atoms with Gasteiger partial charge in [0.15, 0.2) is 8.32 Å². The summed E-state index contributed by atoms with van der Waals surface area (Å²) in [5.74, 6) is -0.548. The Hall–Kier alpha value is -1.43. The van der Waals surface area contributed by atoms with Gasteiger partial charge in [0.25, 0.3) is 0 Å². The number of ether oxygens (including phenoxy) is 1. The van der Waals surface area contributed by atoms with Crippen LogP contribution in [0.5, 0.6) is 0 Å². The molecule has 0 aliphatic heterocycles. The first-order chi connectivity index (χ1) is 14.7. The molecule has 0 aromatic heterocycles. The van der Waals surface area contributed by atoms with Crippen LogP contribution in [0.25, 0.3) is 0 Å². The van der Waals surface area contributed by atoms with E-state index in [0.717, 1.165) is 38.7 Å². The number of aliphatic hydroxyl groups is 1. The van der Waals surface area contributed by atoms with Crippen molar-refractivity contribution in [2.75, 3.05) is 13.7 Å². The lowest BCUT2D eigenvalue weighted by molar-refractivity contribution is -0.137. The molecule has 1 N–H and O–H groups in total. The number of carbonyl (C=O) groups is 1. The van der Waals surface area contributed by atoms with Crippen LogP contribution in [-0.2, 0) is 14.0 Å². The highest BCUT2D eigenvalue weighted by Crippen LogP contribution is 2.36. The van der Waals surface area contributed by atoms with E-state index >= 15 is 0 Å². The van der Waals surface area contributed by atoms with E-state index in [2.05, 4.69) is 84.2 Å². The van der Waals surface area contributed by atoms with E-state index < -0.39 is 20.4 Å². The predicted molar refractivity (Wildman–Crippen MR) is 139 cm³/mol. The predicted octanol–water partition coefficient (Wildman–Crippen LogP) is 7.28. The standard InChI is InChI=1S/C27H48O4Si/c1-21(13-11-15-22(2)17-18-25(28)24(4)26(29)30-8)14-12-16-23(3)19-20-31-32(9,10)27(5,6)7/h14-15,19,25,28H,4,11-13,16-18,20H2,1-3,5-10H3/b21-14+,22-15+,23-19+. The zero-order chi connectivity index (χ0) is 24.9. The van der Waals surface area contributed by atoms with E-state index in [9.17, 15) is 9.90 Å². The molecule has 0 aliphatic rings. The number of hydrogen-bond acceptors (Lipinski definition) is 4. The molecule has 0 aromatic carbocycles. The van der Waals surface area contributed by atoms with Crippen LogP contribution in [0.2, 0.25) is 18.1 Å². The maximum atomic E-state index is 11.4. The molecule has 0 heterocycles. The van der Waals surface area contributed by atoms with Crippen molar-refractivity contribution >= 4 is 14.3 Å². The normalized spacial score (nSPS) is 15.0. The number of carbonyl (C=O) groups excluding carboxylic acids is 1. The van der Waals surface area contributed by atoms with Crippen LogP contribution in [-0.4, -0.2) is 39.2 Å². The smallest absolute Gasteiger partial charge is 0.335 e. The second-order valence-corrected chi connectivity index (χ2v) is 15.2. The summed E-state index contributed by atoms with van der Waals surface area (Å²) in [6, 6.07) is 0. The number of hydrogen-bond donors (Lipinski definition) is 1. The molecule has 0 saturated carbocycles. The van der Waals surface area contributed by atoms with Crippen molar-refractivity contribution in [3.63, 3.8) is 0 Å². The van der Waals surface area contributed by atoms with Crippen LogP contribution in [0, 0.1) is 0 Å². The summed E-state index contributed by atoms with van der Waals surface area (Å²) in [6.07, 6.45) is 11.3. The molecule has 0 rings (SSSR count). The van der Waals surface area contributed by atoms with Crippen LogP contribution >= 0.6 is 0 Å². The van der Waals surface area contributed by atoms with Gasteiger partial charge in [0, 0.05) is 0 Å². The summed E-state index contributed by atoms with van der Waals surface area (Å²) < 4.78 is 10.8. The van der Waals surface area contributed by atoms with Gasteiger partial charge in [-0.05, 0) is 77.4 Å². The molecule has 32 heavy (non-hydrogen) atoms. The molecule has 0 aliphatic carbocycles. The van der Waals surface area contributed by atoms with Gasteiger partial charge in [-0.1, -0.05) is 62.3 Å². The van der Waals surface area contributed by atoms with Gasteiger partial charge in [-0.25, -0.2) is 4.79 Å². The molecule has 5 heteroatoms. The maximum absolute atomic E-state index is 11.4. The van der Waals surface area contributed by atoms with Crippen LogP contribution in [0.1, 0.15) is 80.1 Å². The summed E-state index contributed by atoms with van der Waals surface area (Å²) in [5, 5.41) is 10.3. The number of rotatable bonds is 14. The Morgan fingerprint density at radius 1 is 0.969 bits per heavy atom. The lowest BCUT2D eigenvalue weighted by Gasteiger charge is -2.35. The van der Waals surface area contributed by atoms with Gasteiger partial charge in [-0.3, -0.25) is 0 Å². The van der Waals surface area contributed by atoms with E-state index in [1.54, 1.807) is 0 Å². The largest absolute Gasteiger partial charge is 0.466 e. The highest BCUT2D eigenvalue weighted by molar-refractivity contribution is 6.74. The maximum Gasteiger partial charge on any atom is 0.335 e. The Morgan fingerprint density at radius 2 is 1.44 bits per heavy atom. The van der Waals surface area contributed by atoms with E-state index in [-0.39, 0.29) is 10.6 Å². The van der Waals surface area contributed by atoms with E-state index in [4.69, 9.17) is 4.43 Å². The Morgan fingerprint density at radius 3 is 1.91 bits per heavy atom. The minimum absolute atomic E-state index is 0.120. The summed E-state index contributed by atoms with van der Waals surface area (Å²) in [6.45, 7) is 22.2. The third-order valence-electron chi connectivity index (χ3n) is 6.41. The number of allylic oxidation sites excluding steroid dienone is 5. The molecular weight excluding hydrogens is 416 g/mol. The SMILES string of the molecule is C=C(C(=O)OC)C(O)CC/C(C)=C/CC/C(C)=C/CC/C(C)=C/CO[Si](C)(C)C(C)(C)C. The van der Waals surface area contributed by atoms with Gasteiger partial charge in [-0.15, -0.1) is 0 Å². The number of esters is 1. The van der Waals surface area contributed by atoms with Crippen LogP contribution in [0.15, 0.2) is 47.1 Å². The van der Waals surface area contributed by atoms with Crippen LogP contribution in [0.3, 0.4) is 0 Å². The Kier molecular flexibility index (Phi) is 14.0. The van der Waals surface area contributed by atoms with Gasteiger partial charge in [0.05, 0.1) is 25.4 Å². The van der Waals surface area contributed by atoms with Gasteiger partial charge in [0.2, 0.25) is 0 Å². The monoisotopic (exact) mass is 464 g/mol. The van der Waals surface area contributed by atoms with Crippen molar-refractivity contribution in [1.82, 2.24) is 0 Å². The fourth-order valence-electron chi connectivity index (χ4n) is 2.81. The summed E-state index contributed by atoms with van der Waals surface area (Å²) in [7, 11) is -0.376. The van der Waals surface area contributed by atoms with Gasteiger partial charge in [0.1, 0.15) is 0 Å². The van der Waals surface area contributed by atoms with Crippen molar-refractivity contribution in [2.24, 2.45) is 0 Å². The van der Waals surface area contributed by atoms with Gasteiger partial charge >= 0.3 is 5.97 Å². The minimum Gasteiger partial charge on any atom is -0.466 e. The van der Waals surface area contributed by atoms with Crippen molar-refractivity contribution in [3.8, 4) is 0 Å². The second kappa shape index (κ2) is 14.7. The Bertz CT molecular complexity index is 693. The molecular formula is C27H48O4Si. The number of methoxy groups -OCH3 is 1. The molecule has 4 nitrogen and oxygen atoms in total. The lowest BCUT2D eigenvalue weighted by atomic mass is 10.0. The molecule has 0 radical (unpaired) electrons. The Labute approximate surface area is 198 Å². The van der Waals surface area contributed by atoms with Crippen LogP contribution in [0.4, 0.5) is 0 Å². The Balaban J connectivity index is 4.28. The second-order valence-electron chi connectivity index (χ2n) is 10.4. The fourth-order valence-corrected chi connectivity index (χ4v) is 3.75. The summed E-state index contributed by atoms with van der Waals surface area (Å²) in [5.41, 5.74) is 4.12. The van der Waals surface area contributed by atoms with E-state index in [1.807, 2.05) is 0 Å². The third-order valence-corrected chi connectivity index (χ3v) is 10.9. The first kappa shape index (κ1) is 30.6. The third kappa shape index (κ3) is 12.6. The number of aliphatic hydroxyl groups excluding tert-OH is 1. The zero-order valence-corrected chi connectivity index (χ0v) is 23.1. The van der Waals surface area contributed by atoms with Crippen molar-refractivity contribution in [2.45, 2.75) is 104 Å². The fraction of sp³-hybridized carbons (Fsp3) is 0.667. The van der Waals surface area contributed by atoms with Crippen molar-refractivity contribution in [3.05, 3.63) is 47.1 Å². The minimum atomic E-state index is -1.67. The molecule has 0 spiro atoms. The van der Waals surface area contributed by atoms with Crippen molar-refractivity contribution in [1.29, 1.82) is 0 Å². The molecule has 0 fully saturated rings. The van der Waals surface area contributed by atoms with E-state index in [0.29, 0.717) is 6.42 Å². The highest BCUT2D eigenvalue weighted by atomic mass is 28.4. The first-order valence-corrected chi connectivity index (χ1v) is 14.7. The average molecular weight is 465 g/mol. The molecule has 0 saturated heterocycles. The molecule has 0 aromatic rings. The summed E-state index contributed by atoms with van der Waals surface area (Å²) in [4.78, 5) is 11.4. The first-order valence-electron chi connectivity index (χ1n) is 11.8. The lowest BCUT2D eigenvalue weighted by Crippen LogP contribution is -2.40. The highest BCUT2D eigenvalue weighted by Gasteiger charge is 2.36. The molecule has 1 atom stereocenters. The molecule has 0 amide bonds. The zero-order valence-electron chi connectivity index (χ0n) is 22.1. The molecule has 0 bridgehead atoms. The van der Waals surface area contributed by atoms with Crippen LogP contribution < -0.4 is 0 Å². The van der Waals surface area contributed by atoms with Gasteiger partial charge < -0.3 is 14.3 Å². The van der Waals surface area contributed by atoms with Gasteiger partial charge in [-0.2, -0.15) is 0 Å². The quantitative estimate of drug-likeness (QED) is 0.127. The topological polar surface area (TPSA) is 55.8 Å². The molecule has 1 unspecified atom stereocenters.